The van der Waals surface area contributed by atoms with Crippen molar-refractivity contribution < 1.29 is 19.2 Å². The maximum Gasteiger partial charge on any atom is 0.256 e. The molecule has 5 rings (SSSR count). The zero-order valence-electron chi connectivity index (χ0n) is 22.7. The van der Waals surface area contributed by atoms with Gasteiger partial charge < -0.3 is 20.0 Å². The first kappa shape index (κ1) is 26.9. The monoisotopic (exact) mass is 546 g/mol. The third kappa shape index (κ3) is 5.15. The average molecular weight is 547 g/mol. The second-order valence-corrected chi connectivity index (χ2v) is 11.9. The Balaban J connectivity index is 1.33. The van der Waals surface area contributed by atoms with Gasteiger partial charge in [-0.15, -0.1) is 11.3 Å². The van der Waals surface area contributed by atoms with Gasteiger partial charge in [0.15, 0.2) is 5.78 Å². The Bertz CT molecular complexity index is 1410. The summed E-state index contributed by atoms with van der Waals surface area (Å²) in [4.78, 5) is 58.8. The van der Waals surface area contributed by atoms with E-state index in [0.29, 0.717) is 30.5 Å². The first-order valence-corrected chi connectivity index (χ1v) is 14.2. The topological polar surface area (TPSA) is 90.0 Å². The fourth-order valence-electron chi connectivity index (χ4n) is 5.68. The summed E-state index contributed by atoms with van der Waals surface area (Å²) in [5, 5.41) is 5.66. The van der Waals surface area contributed by atoms with Crippen LogP contribution >= 0.6 is 11.3 Å². The average Bonchev–Trinajstić information content (AvgIpc) is 3.62. The van der Waals surface area contributed by atoms with Crippen molar-refractivity contribution in [2.75, 3.05) is 32.1 Å². The number of ketones is 1. The van der Waals surface area contributed by atoms with E-state index in [2.05, 4.69) is 5.32 Å². The van der Waals surface area contributed by atoms with Gasteiger partial charge in [0, 0.05) is 47.4 Å². The summed E-state index contributed by atoms with van der Waals surface area (Å²) in [6.07, 6.45) is 0.982. The van der Waals surface area contributed by atoms with E-state index in [1.165, 1.54) is 11.3 Å². The number of Topliss-reactive ketones (excluding diaryl/α,β-unsaturated/α-hetero) is 1. The van der Waals surface area contributed by atoms with Crippen LogP contribution in [-0.2, 0) is 9.59 Å². The van der Waals surface area contributed by atoms with Crippen LogP contribution in [-0.4, -0.2) is 78.6 Å². The van der Waals surface area contributed by atoms with Gasteiger partial charge >= 0.3 is 0 Å². The Labute approximate surface area is 232 Å². The van der Waals surface area contributed by atoms with Gasteiger partial charge in [0.05, 0.1) is 18.2 Å². The number of carbonyl (C=O) groups is 4. The number of likely N-dealkylation sites (tertiary alicyclic amines) is 2. The van der Waals surface area contributed by atoms with E-state index in [0.717, 1.165) is 15.8 Å². The molecular weight excluding hydrogens is 512 g/mol. The van der Waals surface area contributed by atoms with Gasteiger partial charge in [-0.2, -0.15) is 0 Å². The number of thiophene rings is 1. The molecule has 8 nitrogen and oxygen atoms in total. The molecule has 9 heteroatoms. The second kappa shape index (κ2) is 10.8. The maximum absolute atomic E-state index is 13.8. The van der Waals surface area contributed by atoms with Gasteiger partial charge in [0.1, 0.15) is 12.1 Å². The molecule has 2 aromatic carbocycles. The molecule has 3 amide bonds. The van der Waals surface area contributed by atoms with Crippen molar-refractivity contribution in [3.8, 4) is 0 Å². The molecule has 0 radical (unpaired) electrons. The summed E-state index contributed by atoms with van der Waals surface area (Å²) in [6.45, 7) is 4.35. The molecule has 2 aliphatic heterocycles. The minimum absolute atomic E-state index is 0.0124. The zero-order chi connectivity index (χ0) is 27.8. The number of rotatable bonds is 7. The maximum atomic E-state index is 13.8. The number of benzene rings is 2. The molecule has 0 bridgehead atoms. The van der Waals surface area contributed by atoms with Crippen LogP contribution in [0.15, 0.2) is 53.9 Å². The largest absolute Gasteiger partial charge is 0.378 e. The normalized spacial score (nSPS) is 19.5. The van der Waals surface area contributed by atoms with E-state index in [9.17, 15) is 19.2 Å². The Kier molecular flexibility index (Phi) is 7.44. The fraction of sp³-hybridized carbons (Fsp3) is 0.400. The van der Waals surface area contributed by atoms with Crippen LogP contribution in [0.3, 0.4) is 0 Å². The Hall–Kier alpha value is -3.72. The second-order valence-electron chi connectivity index (χ2n) is 11.0. The number of nitrogens with zero attached hydrogens (tertiary/aromatic N) is 3. The van der Waals surface area contributed by atoms with E-state index < -0.39 is 12.1 Å². The minimum Gasteiger partial charge on any atom is -0.378 e. The Morgan fingerprint density at radius 1 is 1.05 bits per heavy atom. The van der Waals surface area contributed by atoms with Crippen LogP contribution in [0.2, 0.25) is 0 Å². The number of anilines is 1. The van der Waals surface area contributed by atoms with Gasteiger partial charge in [-0.25, -0.2) is 0 Å². The smallest absolute Gasteiger partial charge is 0.256 e. The lowest BCUT2D eigenvalue weighted by molar-refractivity contribution is -0.138. The molecular formula is C30H34N4O4S. The van der Waals surface area contributed by atoms with Crippen molar-refractivity contribution in [3.05, 3.63) is 65.0 Å². The van der Waals surface area contributed by atoms with Crippen molar-refractivity contribution in [3.63, 3.8) is 0 Å². The highest BCUT2D eigenvalue weighted by molar-refractivity contribution is 7.17. The molecule has 2 saturated heterocycles. The Morgan fingerprint density at radius 2 is 1.77 bits per heavy atom. The van der Waals surface area contributed by atoms with Gasteiger partial charge in [0.25, 0.3) is 11.8 Å². The number of fused-ring (bicyclic) bond motifs is 2. The molecule has 0 saturated carbocycles. The molecule has 3 aromatic rings. The lowest BCUT2D eigenvalue weighted by atomic mass is 10.0. The third-order valence-electron chi connectivity index (χ3n) is 7.63. The molecule has 204 valence electrons. The van der Waals surface area contributed by atoms with E-state index in [4.69, 9.17) is 0 Å². The molecule has 3 heterocycles. The predicted octanol–water partition coefficient (Wildman–Crippen LogP) is 3.81. The quantitative estimate of drug-likeness (QED) is 0.487. The van der Waals surface area contributed by atoms with Gasteiger partial charge in [-0.3, -0.25) is 19.2 Å². The van der Waals surface area contributed by atoms with Crippen molar-refractivity contribution in [1.29, 1.82) is 0 Å². The van der Waals surface area contributed by atoms with Crippen molar-refractivity contribution in [2.24, 2.45) is 5.92 Å². The lowest BCUT2D eigenvalue weighted by Gasteiger charge is -2.29. The highest BCUT2D eigenvalue weighted by Gasteiger charge is 2.52. The first-order valence-electron chi connectivity index (χ1n) is 13.3. The van der Waals surface area contributed by atoms with Gasteiger partial charge in [0.2, 0.25) is 5.91 Å². The highest BCUT2D eigenvalue weighted by atomic mass is 32.1. The number of nitrogens with one attached hydrogen (secondary N) is 1. The summed E-state index contributed by atoms with van der Waals surface area (Å²) in [7, 11) is 3.86. The molecule has 2 fully saturated rings. The molecule has 1 unspecified atom stereocenters. The van der Waals surface area contributed by atoms with Crippen LogP contribution in [0.4, 0.5) is 5.69 Å². The number of carbonyl (C=O) groups excluding carboxylic acids is 4. The zero-order valence-corrected chi connectivity index (χ0v) is 23.5. The van der Waals surface area contributed by atoms with Crippen molar-refractivity contribution >= 4 is 50.6 Å². The summed E-state index contributed by atoms with van der Waals surface area (Å²) in [5.74, 6) is -0.742. The molecule has 0 aliphatic carbocycles. The van der Waals surface area contributed by atoms with Crippen LogP contribution in [0.5, 0.6) is 0 Å². The van der Waals surface area contributed by atoms with Crippen LogP contribution in [0, 0.1) is 5.92 Å². The molecule has 0 spiro atoms. The summed E-state index contributed by atoms with van der Waals surface area (Å²) in [6, 6.07) is 13.1. The van der Waals surface area contributed by atoms with Crippen LogP contribution in [0.25, 0.3) is 10.1 Å². The molecule has 1 aromatic heterocycles. The van der Waals surface area contributed by atoms with Crippen LogP contribution < -0.4 is 10.2 Å². The van der Waals surface area contributed by atoms with Crippen molar-refractivity contribution in [2.45, 2.75) is 44.8 Å². The SMILES string of the molecule is CC(C)C[C@H](NC(=O)c1ccc(N(C)C)cc1)C(=O)N1CCC2[C@H]1C(=O)CN2C(=O)c1csc2ccccc12. The van der Waals surface area contributed by atoms with Gasteiger partial charge in [-0.05, 0) is 49.1 Å². The van der Waals surface area contributed by atoms with E-state index in [-0.39, 0.29) is 42.0 Å². The van der Waals surface area contributed by atoms with E-state index in [1.807, 2.05) is 74.6 Å². The molecule has 2 aliphatic rings. The number of amides is 3. The van der Waals surface area contributed by atoms with Crippen LogP contribution in [0.1, 0.15) is 47.4 Å². The highest BCUT2D eigenvalue weighted by Crippen LogP contribution is 2.34. The summed E-state index contributed by atoms with van der Waals surface area (Å²) in [5.41, 5.74) is 2.04. The third-order valence-corrected chi connectivity index (χ3v) is 8.60. The number of hydrogen-bond acceptors (Lipinski definition) is 6. The summed E-state index contributed by atoms with van der Waals surface area (Å²) < 4.78 is 1.02. The van der Waals surface area contributed by atoms with E-state index >= 15 is 0 Å². The summed E-state index contributed by atoms with van der Waals surface area (Å²) >= 11 is 1.51. The molecule has 1 N–H and O–H groups in total. The number of hydrogen-bond donors (Lipinski definition) is 1. The molecule has 39 heavy (non-hydrogen) atoms. The van der Waals surface area contributed by atoms with E-state index in [1.54, 1.807) is 21.9 Å². The predicted molar refractivity (Wildman–Crippen MR) is 153 cm³/mol. The standard InChI is InChI=1S/C30H34N4O4S/c1-18(2)15-23(31-28(36)19-9-11-20(12-10-19)32(3)4)30(38)33-14-13-24-27(33)25(35)16-34(24)29(37)22-17-39-26-8-6-5-7-21(22)26/h5-12,17-18,23-24,27H,13-16H2,1-4H3,(H,31,36)/t23-,24?,27-/m0/s1. The minimum atomic E-state index is -0.761. The first-order chi connectivity index (χ1) is 18.7. The fourth-order valence-corrected chi connectivity index (χ4v) is 6.62. The van der Waals surface area contributed by atoms with Gasteiger partial charge in [-0.1, -0.05) is 32.0 Å². The Morgan fingerprint density at radius 3 is 2.46 bits per heavy atom. The van der Waals surface area contributed by atoms with Crippen molar-refractivity contribution in [1.82, 2.24) is 15.1 Å². The lowest BCUT2D eigenvalue weighted by Crippen LogP contribution is -2.53. The molecule has 3 atom stereocenters.